The van der Waals surface area contributed by atoms with E-state index in [2.05, 4.69) is 203 Å². The van der Waals surface area contributed by atoms with Crippen molar-refractivity contribution in [2.75, 3.05) is 0 Å². The van der Waals surface area contributed by atoms with E-state index in [1.165, 1.54) is 102 Å². The number of hydrogen-bond acceptors (Lipinski definition) is 1. The Kier molecular flexibility index (Phi) is 6.54. The number of fused-ring (bicyclic) bond motifs is 10. The zero-order valence-corrected chi connectivity index (χ0v) is 30.6. The molecule has 0 aliphatic carbocycles. The minimum Gasteiger partial charge on any atom is -0.309 e. The molecule has 0 spiro atoms. The molecule has 0 bridgehead atoms. The van der Waals surface area contributed by atoms with Crippen molar-refractivity contribution in [1.29, 1.82) is 0 Å². The SMILES string of the molecule is c1ccc(-c2cccc3c2c2cc(-c4ccc5c(c4)c4cc6ccccc6cc4n5-c4cccc5sc6ccccc6c45)ccc2n3-c2ccccc2)cc1. The maximum absolute atomic E-state index is 2.51. The topological polar surface area (TPSA) is 9.86 Å². The lowest BCUT2D eigenvalue weighted by molar-refractivity contribution is 1.18. The molecule has 3 heteroatoms. The summed E-state index contributed by atoms with van der Waals surface area (Å²) >= 11 is 1.87. The summed E-state index contributed by atoms with van der Waals surface area (Å²) in [6, 6.07) is 71.5. The predicted molar refractivity (Wildman–Crippen MR) is 236 cm³/mol. The molecule has 0 amide bonds. The second-order valence-electron chi connectivity index (χ2n) is 14.5. The highest BCUT2D eigenvalue weighted by Crippen LogP contribution is 2.44. The maximum atomic E-state index is 2.51. The van der Waals surface area contributed by atoms with Gasteiger partial charge in [-0.15, -0.1) is 11.3 Å². The molecule has 0 saturated heterocycles. The Labute approximate surface area is 321 Å². The number of nitrogens with zero attached hydrogens (tertiary/aromatic N) is 2. The van der Waals surface area contributed by atoms with Crippen molar-refractivity contribution in [3.8, 4) is 33.6 Å². The molecule has 12 aromatic rings. The first kappa shape index (κ1) is 30.5. The molecule has 0 aliphatic heterocycles. The number of para-hydroxylation sites is 1. The molecule has 3 heterocycles. The first-order chi connectivity index (χ1) is 27.3. The largest absolute Gasteiger partial charge is 0.309 e. The van der Waals surface area contributed by atoms with Gasteiger partial charge >= 0.3 is 0 Å². The van der Waals surface area contributed by atoms with E-state index in [4.69, 9.17) is 0 Å². The molecule has 0 N–H and O–H groups in total. The molecule has 3 aromatic heterocycles. The number of aromatic nitrogens is 2. The molecule has 0 unspecified atom stereocenters. The fourth-order valence-corrected chi connectivity index (χ4v) is 10.2. The third-order valence-corrected chi connectivity index (χ3v) is 12.6. The summed E-state index contributed by atoms with van der Waals surface area (Å²) in [6.07, 6.45) is 0. The number of hydrogen-bond donors (Lipinski definition) is 0. The van der Waals surface area contributed by atoms with Crippen LogP contribution in [0.25, 0.3) is 108 Å². The molecule has 9 aromatic carbocycles. The van der Waals surface area contributed by atoms with Crippen LogP contribution in [-0.2, 0) is 0 Å². The van der Waals surface area contributed by atoms with E-state index in [1.807, 2.05) is 11.3 Å². The molecule has 12 rings (SSSR count). The first-order valence-corrected chi connectivity index (χ1v) is 19.7. The second-order valence-corrected chi connectivity index (χ2v) is 15.6. The van der Waals surface area contributed by atoms with Crippen molar-refractivity contribution in [2.24, 2.45) is 0 Å². The van der Waals surface area contributed by atoms with Crippen LogP contribution in [0.2, 0.25) is 0 Å². The summed E-state index contributed by atoms with van der Waals surface area (Å²) in [5.74, 6) is 0. The van der Waals surface area contributed by atoms with Crippen LogP contribution < -0.4 is 0 Å². The van der Waals surface area contributed by atoms with E-state index >= 15 is 0 Å². The van der Waals surface area contributed by atoms with Crippen LogP contribution in [0.15, 0.2) is 194 Å². The number of thiophene rings is 1. The summed E-state index contributed by atoms with van der Waals surface area (Å²) in [5, 5.41) is 10.2. The van der Waals surface area contributed by atoms with Gasteiger partial charge in [-0.2, -0.15) is 0 Å². The third-order valence-electron chi connectivity index (χ3n) is 11.5. The normalized spacial score (nSPS) is 12.0. The van der Waals surface area contributed by atoms with E-state index in [0.717, 1.165) is 5.69 Å². The van der Waals surface area contributed by atoms with Crippen LogP contribution in [0.3, 0.4) is 0 Å². The minimum atomic E-state index is 1.16. The quantitative estimate of drug-likeness (QED) is 0.172. The van der Waals surface area contributed by atoms with Crippen molar-refractivity contribution in [1.82, 2.24) is 9.13 Å². The predicted octanol–water partition coefficient (Wildman–Crippen LogP) is 14.7. The Hall–Kier alpha value is -6.94. The fourth-order valence-electron chi connectivity index (χ4n) is 9.05. The van der Waals surface area contributed by atoms with Gasteiger partial charge < -0.3 is 9.13 Å². The Morgan fingerprint density at radius 3 is 1.78 bits per heavy atom. The van der Waals surface area contributed by atoms with Crippen LogP contribution in [0.5, 0.6) is 0 Å². The average molecular weight is 717 g/mol. The van der Waals surface area contributed by atoms with Gasteiger partial charge in [-0.25, -0.2) is 0 Å². The van der Waals surface area contributed by atoms with Crippen LogP contribution >= 0.6 is 11.3 Å². The van der Waals surface area contributed by atoms with Crippen molar-refractivity contribution < 1.29 is 0 Å². The van der Waals surface area contributed by atoms with E-state index in [1.54, 1.807) is 0 Å². The summed E-state index contributed by atoms with van der Waals surface area (Å²) in [5.41, 5.74) is 12.1. The van der Waals surface area contributed by atoms with Crippen LogP contribution in [0.4, 0.5) is 0 Å². The average Bonchev–Trinajstić information content (AvgIpc) is 3.90. The Morgan fingerprint density at radius 2 is 0.964 bits per heavy atom. The maximum Gasteiger partial charge on any atom is 0.0555 e. The summed E-state index contributed by atoms with van der Waals surface area (Å²) in [7, 11) is 0. The molecule has 0 atom stereocenters. The van der Waals surface area contributed by atoms with Crippen LogP contribution in [-0.4, -0.2) is 9.13 Å². The Bertz CT molecular complexity index is 3470. The van der Waals surface area contributed by atoms with Crippen molar-refractivity contribution in [2.45, 2.75) is 0 Å². The second kappa shape index (κ2) is 11.8. The summed E-state index contributed by atoms with van der Waals surface area (Å²) in [4.78, 5) is 0. The van der Waals surface area contributed by atoms with Gasteiger partial charge in [-0.05, 0) is 106 Å². The van der Waals surface area contributed by atoms with Gasteiger partial charge in [-0.3, -0.25) is 0 Å². The van der Waals surface area contributed by atoms with E-state index in [-0.39, 0.29) is 0 Å². The monoisotopic (exact) mass is 716 g/mol. The lowest BCUT2D eigenvalue weighted by atomic mass is 9.97. The zero-order chi connectivity index (χ0) is 36.0. The van der Waals surface area contributed by atoms with E-state index in [0.29, 0.717) is 0 Å². The summed E-state index contributed by atoms with van der Waals surface area (Å²) < 4.78 is 7.55. The highest BCUT2D eigenvalue weighted by Gasteiger charge is 2.20. The summed E-state index contributed by atoms with van der Waals surface area (Å²) in [6.45, 7) is 0. The molecule has 0 fully saturated rings. The number of rotatable bonds is 4. The van der Waals surface area contributed by atoms with Gasteiger partial charge in [0.15, 0.2) is 0 Å². The van der Waals surface area contributed by atoms with Crippen molar-refractivity contribution in [3.63, 3.8) is 0 Å². The van der Waals surface area contributed by atoms with Gasteiger partial charge in [0.2, 0.25) is 0 Å². The molecule has 256 valence electrons. The number of benzene rings is 9. The lowest BCUT2D eigenvalue weighted by Crippen LogP contribution is -1.94. The Balaban J connectivity index is 1.14. The molecule has 0 saturated carbocycles. The van der Waals surface area contributed by atoms with Crippen LogP contribution in [0.1, 0.15) is 0 Å². The van der Waals surface area contributed by atoms with E-state index in [9.17, 15) is 0 Å². The van der Waals surface area contributed by atoms with Gasteiger partial charge in [0, 0.05) is 47.4 Å². The molecule has 2 nitrogen and oxygen atoms in total. The molecule has 0 aliphatic rings. The first-order valence-electron chi connectivity index (χ1n) is 18.8. The fraction of sp³-hybridized carbons (Fsp3) is 0. The highest BCUT2D eigenvalue weighted by atomic mass is 32.1. The highest BCUT2D eigenvalue weighted by molar-refractivity contribution is 7.25. The molecule has 0 radical (unpaired) electrons. The molecule has 55 heavy (non-hydrogen) atoms. The van der Waals surface area contributed by atoms with Gasteiger partial charge in [0.05, 0.1) is 27.8 Å². The standard InChI is InChI=1S/C52H32N2S/c1-3-13-33(14-4-1)39-20-11-21-46-51(39)43-31-37(26-28-45(43)53(46)38-17-5-2-6-18-38)36-25-27-44-41(30-36)42-29-34-15-7-8-16-35(34)32-48(42)54(44)47-22-12-24-50-52(47)40-19-9-10-23-49(40)55-50/h1-32H. The Morgan fingerprint density at radius 1 is 0.327 bits per heavy atom. The van der Waals surface area contributed by atoms with Crippen LogP contribution in [0, 0.1) is 0 Å². The molecular weight excluding hydrogens is 685 g/mol. The zero-order valence-electron chi connectivity index (χ0n) is 29.8. The smallest absolute Gasteiger partial charge is 0.0555 e. The van der Waals surface area contributed by atoms with Gasteiger partial charge in [0.1, 0.15) is 0 Å². The van der Waals surface area contributed by atoms with Gasteiger partial charge in [-0.1, -0.05) is 121 Å². The molecular formula is C52H32N2S. The third kappa shape index (κ3) is 4.54. The van der Waals surface area contributed by atoms with Gasteiger partial charge in [0.25, 0.3) is 0 Å². The minimum absolute atomic E-state index is 1.16. The van der Waals surface area contributed by atoms with Crippen molar-refractivity contribution in [3.05, 3.63) is 194 Å². The lowest BCUT2D eigenvalue weighted by Gasteiger charge is -2.11. The van der Waals surface area contributed by atoms with E-state index < -0.39 is 0 Å². The van der Waals surface area contributed by atoms with Crippen molar-refractivity contribution >= 4 is 85.9 Å².